The summed E-state index contributed by atoms with van der Waals surface area (Å²) in [5, 5.41) is 2.77. The Hall–Kier alpha value is -1.99. The number of rotatable bonds is 7. The Balaban J connectivity index is 1.84. The number of halogens is 1. The van der Waals surface area contributed by atoms with Gasteiger partial charge in [0.25, 0.3) is 0 Å². The number of carbonyl (C=O) groups excluding carboxylic acids is 2. The molecule has 28 heavy (non-hydrogen) atoms. The first-order valence-electron chi connectivity index (χ1n) is 10.0. The molecule has 7 heteroatoms. The van der Waals surface area contributed by atoms with Gasteiger partial charge in [0.1, 0.15) is 5.82 Å². The Morgan fingerprint density at radius 3 is 2.21 bits per heavy atom. The van der Waals surface area contributed by atoms with Crippen molar-refractivity contribution in [3.63, 3.8) is 0 Å². The number of anilines is 1. The summed E-state index contributed by atoms with van der Waals surface area (Å²) < 4.78 is 13.3. The molecule has 1 aromatic carbocycles. The van der Waals surface area contributed by atoms with Crippen molar-refractivity contribution in [3.05, 3.63) is 30.1 Å². The minimum atomic E-state index is -0.374. The van der Waals surface area contributed by atoms with Crippen LogP contribution in [0.3, 0.4) is 0 Å². The van der Waals surface area contributed by atoms with Crippen LogP contribution in [0.5, 0.6) is 0 Å². The predicted octanol–water partition coefficient (Wildman–Crippen LogP) is 2.42. The standard InChI is InChI=1S/C21H33FN4O2/c1-15(2)26(16(3)4)20(27)14-24-9-11-25(12-10-24)17(5)21(28)23-19-8-6-7-18(22)13-19/h6-8,13,15-17H,9-12,14H2,1-5H3,(H,23,28). The van der Waals surface area contributed by atoms with Crippen molar-refractivity contribution in [1.29, 1.82) is 0 Å². The van der Waals surface area contributed by atoms with Crippen LogP contribution in [0.2, 0.25) is 0 Å². The molecule has 0 spiro atoms. The maximum Gasteiger partial charge on any atom is 0.241 e. The molecule has 0 aliphatic carbocycles. The number of hydrogen-bond acceptors (Lipinski definition) is 4. The summed E-state index contributed by atoms with van der Waals surface area (Å²) in [6, 6.07) is 5.95. The summed E-state index contributed by atoms with van der Waals surface area (Å²) in [5.41, 5.74) is 0.462. The highest BCUT2D eigenvalue weighted by Gasteiger charge is 2.28. The molecule has 2 amide bonds. The third-order valence-corrected chi connectivity index (χ3v) is 5.19. The lowest BCUT2D eigenvalue weighted by atomic mass is 10.2. The van der Waals surface area contributed by atoms with Gasteiger partial charge in [0.15, 0.2) is 0 Å². The van der Waals surface area contributed by atoms with Crippen LogP contribution >= 0.6 is 0 Å². The van der Waals surface area contributed by atoms with E-state index in [2.05, 4.69) is 15.1 Å². The molecular weight excluding hydrogens is 359 g/mol. The van der Waals surface area contributed by atoms with E-state index < -0.39 is 0 Å². The number of amides is 2. The third-order valence-electron chi connectivity index (χ3n) is 5.19. The molecule has 0 aromatic heterocycles. The van der Waals surface area contributed by atoms with Crippen LogP contribution < -0.4 is 5.32 Å². The van der Waals surface area contributed by atoms with Crippen LogP contribution in [-0.4, -0.2) is 77.4 Å². The Morgan fingerprint density at radius 2 is 1.68 bits per heavy atom. The van der Waals surface area contributed by atoms with E-state index in [1.807, 2.05) is 39.5 Å². The van der Waals surface area contributed by atoms with Gasteiger partial charge in [0.05, 0.1) is 12.6 Å². The minimum Gasteiger partial charge on any atom is -0.337 e. The van der Waals surface area contributed by atoms with Gasteiger partial charge in [-0.05, 0) is 52.8 Å². The minimum absolute atomic E-state index is 0.148. The average Bonchev–Trinajstić information content (AvgIpc) is 2.61. The van der Waals surface area contributed by atoms with E-state index in [1.54, 1.807) is 12.1 Å². The summed E-state index contributed by atoms with van der Waals surface area (Å²) in [6.07, 6.45) is 0. The van der Waals surface area contributed by atoms with Gasteiger partial charge < -0.3 is 10.2 Å². The Labute approximate surface area is 167 Å². The Kier molecular flexibility index (Phi) is 7.95. The summed E-state index contributed by atoms with van der Waals surface area (Å²) in [6.45, 7) is 13.3. The highest BCUT2D eigenvalue weighted by molar-refractivity contribution is 5.94. The number of nitrogens with zero attached hydrogens (tertiary/aromatic N) is 3. The fraction of sp³-hybridized carbons (Fsp3) is 0.619. The quantitative estimate of drug-likeness (QED) is 0.774. The van der Waals surface area contributed by atoms with Gasteiger partial charge in [0, 0.05) is 44.0 Å². The van der Waals surface area contributed by atoms with Crippen molar-refractivity contribution in [2.45, 2.75) is 52.7 Å². The summed E-state index contributed by atoms with van der Waals surface area (Å²) in [4.78, 5) is 31.3. The van der Waals surface area contributed by atoms with E-state index in [0.29, 0.717) is 25.3 Å². The van der Waals surface area contributed by atoms with Crippen molar-refractivity contribution in [2.24, 2.45) is 0 Å². The lowest BCUT2D eigenvalue weighted by Crippen LogP contribution is -2.55. The van der Waals surface area contributed by atoms with Crippen molar-refractivity contribution >= 4 is 17.5 Å². The molecule has 1 unspecified atom stereocenters. The number of piperazine rings is 1. The second kappa shape index (κ2) is 9.98. The maximum atomic E-state index is 13.3. The van der Waals surface area contributed by atoms with Crippen LogP contribution in [0, 0.1) is 5.82 Å². The van der Waals surface area contributed by atoms with Gasteiger partial charge in [-0.2, -0.15) is 0 Å². The second-order valence-corrected chi connectivity index (χ2v) is 7.98. The zero-order chi connectivity index (χ0) is 20.8. The number of nitrogens with one attached hydrogen (secondary N) is 1. The van der Waals surface area contributed by atoms with E-state index in [-0.39, 0.29) is 35.8 Å². The van der Waals surface area contributed by atoms with Crippen molar-refractivity contribution in [3.8, 4) is 0 Å². The molecule has 1 saturated heterocycles. The molecule has 6 nitrogen and oxygen atoms in total. The van der Waals surface area contributed by atoms with Gasteiger partial charge in [0.2, 0.25) is 11.8 Å². The monoisotopic (exact) mass is 392 g/mol. The number of carbonyl (C=O) groups is 2. The van der Waals surface area contributed by atoms with Crippen LogP contribution in [0.25, 0.3) is 0 Å². The molecule has 1 aliphatic heterocycles. The molecule has 0 bridgehead atoms. The molecule has 156 valence electrons. The summed E-state index contributed by atoms with van der Waals surface area (Å²) >= 11 is 0. The Morgan fingerprint density at radius 1 is 1.07 bits per heavy atom. The summed E-state index contributed by atoms with van der Waals surface area (Å²) in [7, 11) is 0. The first-order valence-corrected chi connectivity index (χ1v) is 10.0. The normalized spacial score (nSPS) is 17.0. The van der Waals surface area contributed by atoms with Crippen molar-refractivity contribution in [2.75, 3.05) is 38.0 Å². The van der Waals surface area contributed by atoms with Gasteiger partial charge in [-0.1, -0.05) is 6.07 Å². The van der Waals surface area contributed by atoms with Crippen LogP contribution in [-0.2, 0) is 9.59 Å². The topological polar surface area (TPSA) is 55.9 Å². The lowest BCUT2D eigenvalue weighted by Gasteiger charge is -2.39. The lowest BCUT2D eigenvalue weighted by molar-refractivity contribution is -0.136. The van der Waals surface area contributed by atoms with E-state index in [1.165, 1.54) is 12.1 Å². The van der Waals surface area contributed by atoms with Crippen LogP contribution in [0.1, 0.15) is 34.6 Å². The zero-order valence-electron chi connectivity index (χ0n) is 17.6. The average molecular weight is 393 g/mol. The van der Waals surface area contributed by atoms with Crippen LogP contribution in [0.15, 0.2) is 24.3 Å². The highest BCUT2D eigenvalue weighted by Crippen LogP contribution is 2.13. The molecule has 1 aromatic rings. The van der Waals surface area contributed by atoms with E-state index in [0.717, 1.165) is 13.1 Å². The predicted molar refractivity (Wildman–Crippen MR) is 110 cm³/mol. The molecule has 1 atom stereocenters. The van der Waals surface area contributed by atoms with Gasteiger partial charge >= 0.3 is 0 Å². The maximum absolute atomic E-state index is 13.3. The molecule has 2 rings (SSSR count). The fourth-order valence-electron chi connectivity index (χ4n) is 3.73. The van der Waals surface area contributed by atoms with Crippen LogP contribution in [0.4, 0.5) is 10.1 Å². The molecule has 1 heterocycles. The summed E-state index contributed by atoms with van der Waals surface area (Å²) in [5.74, 6) is -0.378. The Bertz CT molecular complexity index is 664. The first-order chi connectivity index (χ1) is 13.2. The van der Waals surface area contributed by atoms with Gasteiger partial charge in [-0.25, -0.2) is 4.39 Å². The molecule has 1 aliphatic rings. The highest BCUT2D eigenvalue weighted by atomic mass is 19.1. The molecule has 1 N–H and O–H groups in total. The number of hydrogen-bond donors (Lipinski definition) is 1. The van der Waals surface area contributed by atoms with E-state index in [4.69, 9.17) is 0 Å². The third kappa shape index (κ3) is 6.01. The molecule has 0 radical (unpaired) electrons. The van der Waals surface area contributed by atoms with Crippen molar-refractivity contribution < 1.29 is 14.0 Å². The van der Waals surface area contributed by atoms with E-state index >= 15 is 0 Å². The molecular formula is C21H33FN4O2. The molecule has 1 fully saturated rings. The second-order valence-electron chi connectivity index (χ2n) is 7.98. The fourth-order valence-corrected chi connectivity index (χ4v) is 3.73. The molecule has 0 saturated carbocycles. The van der Waals surface area contributed by atoms with Gasteiger partial charge in [-0.3, -0.25) is 19.4 Å². The number of benzene rings is 1. The largest absolute Gasteiger partial charge is 0.337 e. The van der Waals surface area contributed by atoms with E-state index in [9.17, 15) is 14.0 Å². The zero-order valence-corrected chi connectivity index (χ0v) is 17.6. The first kappa shape index (κ1) is 22.3. The smallest absolute Gasteiger partial charge is 0.241 e. The van der Waals surface area contributed by atoms with Crippen molar-refractivity contribution in [1.82, 2.24) is 14.7 Å². The SMILES string of the molecule is CC(C(=O)Nc1cccc(F)c1)N1CCN(CC(=O)N(C(C)C)C(C)C)CC1. The van der Waals surface area contributed by atoms with Gasteiger partial charge in [-0.15, -0.1) is 0 Å².